The third kappa shape index (κ3) is 2.66. The molecule has 1 fully saturated rings. The number of anilines is 2. The van der Waals surface area contributed by atoms with Crippen LogP contribution in [0.3, 0.4) is 0 Å². The molecule has 2 unspecified atom stereocenters. The van der Waals surface area contributed by atoms with Gasteiger partial charge in [-0.3, -0.25) is 10.1 Å². The smallest absolute Gasteiger partial charge is 0.353 e. The molecule has 0 spiro atoms. The van der Waals surface area contributed by atoms with Gasteiger partial charge in [-0.05, 0) is 25.2 Å². The molecule has 7 heteroatoms. The average Bonchev–Trinajstić information content (AvgIpc) is 3.03. The summed E-state index contributed by atoms with van der Waals surface area (Å²) in [5, 5.41) is 17.0. The second-order valence-electron chi connectivity index (χ2n) is 4.56. The highest BCUT2D eigenvalue weighted by molar-refractivity contribution is 5.69. The first-order chi connectivity index (χ1) is 8.63. The zero-order chi connectivity index (χ0) is 13.1. The van der Waals surface area contributed by atoms with E-state index in [0.29, 0.717) is 24.2 Å². The summed E-state index contributed by atoms with van der Waals surface area (Å²) in [6, 6.07) is 0. The molecular formula is C11H17N5O2. The zero-order valence-electron chi connectivity index (χ0n) is 10.5. The molecule has 0 saturated heterocycles. The minimum absolute atomic E-state index is 0.0762. The van der Waals surface area contributed by atoms with Crippen molar-refractivity contribution in [2.45, 2.75) is 20.3 Å². The fraction of sp³-hybridized carbons (Fsp3) is 0.636. The van der Waals surface area contributed by atoms with Crippen molar-refractivity contribution in [3.05, 3.63) is 16.4 Å². The van der Waals surface area contributed by atoms with E-state index >= 15 is 0 Å². The van der Waals surface area contributed by atoms with Gasteiger partial charge >= 0.3 is 5.69 Å². The van der Waals surface area contributed by atoms with Gasteiger partial charge in [-0.1, -0.05) is 6.92 Å². The van der Waals surface area contributed by atoms with Crippen molar-refractivity contribution in [3.8, 4) is 0 Å². The van der Waals surface area contributed by atoms with Gasteiger partial charge in [-0.15, -0.1) is 0 Å². The van der Waals surface area contributed by atoms with E-state index < -0.39 is 4.92 Å². The summed E-state index contributed by atoms with van der Waals surface area (Å²) in [5.41, 5.74) is -0.0762. The Morgan fingerprint density at radius 1 is 1.44 bits per heavy atom. The molecule has 1 aromatic heterocycles. The molecule has 0 radical (unpaired) electrons. The van der Waals surface area contributed by atoms with Crippen molar-refractivity contribution in [1.29, 1.82) is 0 Å². The summed E-state index contributed by atoms with van der Waals surface area (Å²) in [7, 11) is 0. The standard InChI is InChI=1S/C11H17N5O2/c1-3-12-10-9(16(17)18)11(15-6-14-10)13-5-8-4-7(8)2/h6-8H,3-5H2,1-2H3,(H2,12,13,14,15). The summed E-state index contributed by atoms with van der Waals surface area (Å²) in [6.07, 6.45) is 2.51. The molecule has 0 amide bonds. The van der Waals surface area contributed by atoms with Crippen molar-refractivity contribution < 1.29 is 4.92 Å². The summed E-state index contributed by atoms with van der Waals surface area (Å²) >= 11 is 0. The highest BCUT2D eigenvalue weighted by Crippen LogP contribution is 2.38. The minimum atomic E-state index is -0.448. The number of nitrogens with one attached hydrogen (secondary N) is 2. The van der Waals surface area contributed by atoms with Gasteiger partial charge in [0.15, 0.2) is 0 Å². The van der Waals surface area contributed by atoms with Crippen LogP contribution in [0.4, 0.5) is 17.3 Å². The fourth-order valence-electron chi connectivity index (χ4n) is 1.89. The van der Waals surface area contributed by atoms with Crippen molar-refractivity contribution in [3.63, 3.8) is 0 Å². The Morgan fingerprint density at radius 3 is 2.56 bits per heavy atom. The van der Waals surface area contributed by atoms with Crippen molar-refractivity contribution >= 4 is 17.3 Å². The van der Waals surface area contributed by atoms with E-state index in [1.54, 1.807) is 0 Å². The van der Waals surface area contributed by atoms with Crippen molar-refractivity contribution in [2.75, 3.05) is 23.7 Å². The Bertz CT molecular complexity index is 451. The third-order valence-electron chi connectivity index (χ3n) is 3.16. The van der Waals surface area contributed by atoms with E-state index in [9.17, 15) is 10.1 Å². The predicted molar refractivity (Wildman–Crippen MR) is 68.6 cm³/mol. The lowest BCUT2D eigenvalue weighted by molar-refractivity contribution is -0.383. The average molecular weight is 251 g/mol. The molecule has 7 nitrogen and oxygen atoms in total. The van der Waals surface area contributed by atoms with Crippen LogP contribution in [0.1, 0.15) is 20.3 Å². The van der Waals surface area contributed by atoms with Gasteiger partial charge in [-0.2, -0.15) is 0 Å². The van der Waals surface area contributed by atoms with Crippen molar-refractivity contribution in [1.82, 2.24) is 9.97 Å². The number of rotatable bonds is 6. The molecule has 1 aromatic rings. The van der Waals surface area contributed by atoms with Gasteiger partial charge in [0.1, 0.15) is 6.33 Å². The fourth-order valence-corrected chi connectivity index (χ4v) is 1.89. The van der Waals surface area contributed by atoms with Crippen LogP contribution in [0, 0.1) is 22.0 Å². The largest absolute Gasteiger partial charge is 0.364 e. The Kier molecular flexibility index (Phi) is 3.59. The molecule has 18 heavy (non-hydrogen) atoms. The van der Waals surface area contributed by atoms with Crippen LogP contribution >= 0.6 is 0 Å². The molecule has 1 saturated carbocycles. The van der Waals surface area contributed by atoms with Crippen LogP contribution in [0.5, 0.6) is 0 Å². The second kappa shape index (κ2) is 5.16. The second-order valence-corrected chi connectivity index (χ2v) is 4.56. The van der Waals surface area contributed by atoms with Crippen LogP contribution in [-0.4, -0.2) is 28.0 Å². The molecule has 0 aliphatic heterocycles. The van der Waals surface area contributed by atoms with E-state index in [2.05, 4.69) is 27.5 Å². The van der Waals surface area contributed by atoms with Gasteiger partial charge in [-0.25, -0.2) is 9.97 Å². The number of hydrogen-bond acceptors (Lipinski definition) is 6. The van der Waals surface area contributed by atoms with Crippen LogP contribution in [0.25, 0.3) is 0 Å². The van der Waals surface area contributed by atoms with Gasteiger partial charge in [0.05, 0.1) is 4.92 Å². The molecule has 0 aromatic carbocycles. The highest BCUT2D eigenvalue weighted by atomic mass is 16.6. The lowest BCUT2D eigenvalue weighted by atomic mass is 10.3. The zero-order valence-corrected chi connectivity index (χ0v) is 10.5. The van der Waals surface area contributed by atoms with E-state index in [1.807, 2.05) is 6.92 Å². The third-order valence-corrected chi connectivity index (χ3v) is 3.16. The topological polar surface area (TPSA) is 93.0 Å². The number of aromatic nitrogens is 2. The van der Waals surface area contributed by atoms with Crippen LogP contribution < -0.4 is 10.6 Å². The minimum Gasteiger partial charge on any atom is -0.364 e. The Hall–Kier alpha value is -1.92. The van der Waals surface area contributed by atoms with E-state index in [4.69, 9.17) is 0 Å². The Labute approximate surface area is 105 Å². The highest BCUT2D eigenvalue weighted by Gasteiger charge is 2.33. The van der Waals surface area contributed by atoms with E-state index in [1.165, 1.54) is 12.7 Å². The quantitative estimate of drug-likeness (QED) is 0.592. The molecule has 2 atom stereocenters. The van der Waals surface area contributed by atoms with Crippen LogP contribution in [-0.2, 0) is 0 Å². The summed E-state index contributed by atoms with van der Waals surface area (Å²) in [4.78, 5) is 18.5. The number of hydrogen-bond donors (Lipinski definition) is 2. The number of nitrogens with zero attached hydrogens (tertiary/aromatic N) is 3. The van der Waals surface area contributed by atoms with Gasteiger partial charge in [0, 0.05) is 13.1 Å². The maximum atomic E-state index is 11.1. The van der Waals surface area contributed by atoms with Crippen LogP contribution in [0.2, 0.25) is 0 Å². The van der Waals surface area contributed by atoms with E-state index in [-0.39, 0.29) is 11.5 Å². The lowest BCUT2D eigenvalue weighted by Gasteiger charge is -2.08. The lowest BCUT2D eigenvalue weighted by Crippen LogP contribution is -2.11. The van der Waals surface area contributed by atoms with E-state index in [0.717, 1.165) is 6.54 Å². The van der Waals surface area contributed by atoms with Gasteiger partial charge in [0.25, 0.3) is 0 Å². The first kappa shape index (κ1) is 12.5. The van der Waals surface area contributed by atoms with Gasteiger partial charge in [0.2, 0.25) is 11.6 Å². The first-order valence-electron chi connectivity index (χ1n) is 6.10. The SMILES string of the molecule is CCNc1ncnc(NCC2CC2C)c1[N+](=O)[O-]. The van der Waals surface area contributed by atoms with Crippen molar-refractivity contribution in [2.24, 2.45) is 11.8 Å². The maximum absolute atomic E-state index is 11.1. The summed E-state index contributed by atoms with van der Waals surface area (Å²) < 4.78 is 0. The Balaban J connectivity index is 2.16. The number of nitro groups is 1. The molecule has 2 N–H and O–H groups in total. The maximum Gasteiger partial charge on any atom is 0.353 e. The molecular weight excluding hydrogens is 234 g/mol. The monoisotopic (exact) mass is 251 g/mol. The molecule has 0 bridgehead atoms. The predicted octanol–water partition coefficient (Wildman–Crippen LogP) is 1.88. The molecule has 1 aliphatic carbocycles. The molecule has 2 rings (SSSR count). The molecule has 1 aliphatic rings. The summed E-state index contributed by atoms with van der Waals surface area (Å²) in [5.74, 6) is 1.86. The normalized spacial score (nSPS) is 21.4. The molecule has 1 heterocycles. The molecule has 98 valence electrons. The van der Waals surface area contributed by atoms with Crippen LogP contribution in [0.15, 0.2) is 6.33 Å². The Morgan fingerprint density at radius 2 is 2.06 bits per heavy atom. The first-order valence-corrected chi connectivity index (χ1v) is 6.10. The van der Waals surface area contributed by atoms with Gasteiger partial charge < -0.3 is 10.6 Å². The summed E-state index contributed by atoms with van der Waals surface area (Å²) in [6.45, 7) is 5.34.